The first-order chi connectivity index (χ1) is 8.66. The van der Waals surface area contributed by atoms with Crippen molar-refractivity contribution >= 4 is 17.2 Å². The van der Waals surface area contributed by atoms with Crippen LogP contribution in [0.2, 0.25) is 0 Å². The Morgan fingerprint density at radius 1 is 1.39 bits per heavy atom. The van der Waals surface area contributed by atoms with Crippen molar-refractivity contribution in [2.45, 2.75) is 19.8 Å². The van der Waals surface area contributed by atoms with Crippen molar-refractivity contribution < 1.29 is 4.74 Å². The Hall–Kier alpha value is -1.13. The summed E-state index contributed by atoms with van der Waals surface area (Å²) in [5.74, 6) is 0.807. The van der Waals surface area contributed by atoms with Crippen LogP contribution in [0, 0.1) is 6.92 Å². The molecule has 98 valence electrons. The highest BCUT2D eigenvalue weighted by Gasteiger charge is 2.12. The number of thiocarbonyl (C=S) groups is 1. The molecule has 1 aromatic carbocycles. The molecule has 0 aliphatic carbocycles. The molecule has 1 fully saturated rings. The molecule has 1 saturated heterocycles. The number of aryl methyl sites for hydroxylation is 1. The summed E-state index contributed by atoms with van der Waals surface area (Å²) in [6.45, 7) is 6.10. The van der Waals surface area contributed by atoms with Crippen molar-refractivity contribution in [3.05, 3.63) is 29.3 Å². The number of hydrogen-bond acceptors (Lipinski definition) is 3. The molecule has 2 rings (SSSR count). The number of hydrogen-bond donors (Lipinski definition) is 1. The van der Waals surface area contributed by atoms with Gasteiger partial charge in [0.25, 0.3) is 0 Å². The van der Waals surface area contributed by atoms with Gasteiger partial charge in [-0.25, -0.2) is 0 Å². The van der Waals surface area contributed by atoms with Crippen LogP contribution in [0.5, 0.6) is 5.75 Å². The first kappa shape index (κ1) is 13.3. The summed E-state index contributed by atoms with van der Waals surface area (Å²) in [6, 6.07) is 5.93. The van der Waals surface area contributed by atoms with Gasteiger partial charge in [0.1, 0.15) is 17.3 Å². The fourth-order valence-corrected chi connectivity index (χ4v) is 2.41. The van der Waals surface area contributed by atoms with Gasteiger partial charge in [-0.3, -0.25) is 4.90 Å². The monoisotopic (exact) mass is 264 g/mol. The molecule has 2 N–H and O–H groups in total. The first-order valence-electron chi connectivity index (χ1n) is 6.42. The lowest BCUT2D eigenvalue weighted by molar-refractivity contribution is 0.237. The van der Waals surface area contributed by atoms with Crippen LogP contribution >= 0.6 is 12.2 Å². The van der Waals surface area contributed by atoms with Crippen molar-refractivity contribution in [2.75, 3.05) is 26.2 Å². The molecule has 0 spiro atoms. The fraction of sp³-hybridized carbons (Fsp3) is 0.500. The van der Waals surface area contributed by atoms with Crippen LogP contribution in [0.15, 0.2) is 18.2 Å². The smallest absolute Gasteiger partial charge is 0.129 e. The second-order valence-corrected chi connectivity index (χ2v) is 5.20. The molecule has 3 nitrogen and oxygen atoms in total. The van der Waals surface area contributed by atoms with Gasteiger partial charge in [0.05, 0.1) is 5.56 Å². The Kier molecular flexibility index (Phi) is 4.55. The van der Waals surface area contributed by atoms with E-state index in [0.29, 0.717) is 11.6 Å². The minimum atomic E-state index is 0.395. The Bertz CT molecular complexity index is 428. The summed E-state index contributed by atoms with van der Waals surface area (Å²) in [6.07, 6.45) is 2.62. The van der Waals surface area contributed by atoms with E-state index in [1.54, 1.807) is 0 Å². The lowest BCUT2D eigenvalue weighted by atomic mass is 10.1. The Morgan fingerprint density at radius 3 is 2.78 bits per heavy atom. The molecule has 1 heterocycles. The minimum Gasteiger partial charge on any atom is -0.492 e. The van der Waals surface area contributed by atoms with E-state index in [9.17, 15) is 0 Å². The number of benzene rings is 1. The van der Waals surface area contributed by atoms with Crippen LogP contribution < -0.4 is 10.5 Å². The van der Waals surface area contributed by atoms with Gasteiger partial charge in [-0.05, 0) is 50.6 Å². The van der Waals surface area contributed by atoms with Crippen LogP contribution in [0.1, 0.15) is 24.0 Å². The standard InChI is InChI=1S/C14H20N2OS/c1-11-4-5-12(14(15)18)13(10-11)17-9-8-16-6-2-3-7-16/h4-5,10H,2-3,6-9H2,1H3,(H2,15,18). The molecule has 0 amide bonds. The van der Waals surface area contributed by atoms with Crippen molar-refractivity contribution in [2.24, 2.45) is 5.73 Å². The molecular formula is C14H20N2OS. The van der Waals surface area contributed by atoms with E-state index in [1.807, 2.05) is 25.1 Å². The van der Waals surface area contributed by atoms with Gasteiger partial charge >= 0.3 is 0 Å². The van der Waals surface area contributed by atoms with Gasteiger partial charge in [0.2, 0.25) is 0 Å². The molecule has 0 atom stereocenters. The van der Waals surface area contributed by atoms with E-state index in [-0.39, 0.29) is 0 Å². The van der Waals surface area contributed by atoms with Crippen LogP contribution in [0.25, 0.3) is 0 Å². The third-order valence-electron chi connectivity index (χ3n) is 3.27. The second kappa shape index (κ2) is 6.16. The molecular weight excluding hydrogens is 244 g/mol. The van der Waals surface area contributed by atoms with E-state index in [2.05, 4.69) is 4.90 Å². The fourth-order valence-electron chi connectivity index (χ4n) is 2.24. The van der Waals surface area contributed by atoms with Crippen molar-refractivity contribution in [1.82, 2.24) is 4.90 Å². The van der Waals surface area contributed by atoms with Gasteiger partial charge < -0.3 is 10.5 Å². The number of ether oxygens (including phenoxy) is 1. The predicted octanol–water partition coefficient (Wildman–Crippen LogP) is 2.10. The zero-order valence-electron chi connectivity index (χ0n) is 10.8. The van der Waals surface area contributed by atoms with Gasteiger partial charge in [0.15, 0.2) is 0 Å². The van der Waals surface area contributed by atoms with E-state index < -0.39 is 0 Å². The number of nitrogens with two attached hydrogens (primary N) is 1. The summed E-state index contributed by atoms with van der Waals surface area (Å²) in [5.41, 5.74) is 7.69. The lowest BCUT2D eigenvalue weighted by Gasteiger charge is -2.16. The molecule has 4 heteroatoms. The van der Waals surface area contributed by atoms with Crippen LogP contribution in [0.4, 0.5) is 0 Å². The van der Waals surface area contributed by atoms with Crippen molar-refractivity contribution in [3.8, 4) is 5.75 Å². The number of likely N-dealkylation sites (tertiary alicyclic amines) is 1. The average Bonchev–Trinajstić information content (AvgIpc) is 2.82. The van der Waals surface area contributed by atoms with E-state index in [0.717, 1.165) is 23.4 Å². The summed E-state index contributed by atoms with van der Waals surface area (Å²) in [7, 11) is 0. The van der Waals surface area contributed by atoms with E-state index in [4.69, 9.17) is 22.7 Å². The van der Waals surface area contributed by atoms with Gasteiger partial charge in [-0.2, -0.15) is 0 Å². The quantitative estimate of drug-likeness (QED) is 0.827. The van der Waals surface area contributed by atoms with Gasteiger partial charge in [0, 0.05) is 6.54 Å². The maximum absolute atomic E-state index is 5.83. The lowest BCUT2D eigenvalue weighted by Crippen LogP contribution is -2.25. The summed E-state index contributed by atoms with van der Waals surface area (Å²) in [5, 5.41) is 0. The highest BCUT2D eigenvalue weighted by molar-refractivity contribution is 7.80. The number of rotatable bonds is 5. The maximum atomic E-state index is 5.83. The van der Waals surface area contributed by atoms with Crippen LogP contribution in [0.3, 0.4) is 0 Å². The SMILES string of the molecule is Cc1ccc(C(N)=S)c(OCCN2CCCC2)c1. The molecule has 1 aromatic rings. The molecule has 0 aromatic heterocycles. The Balaban J connectivity index is 1.94. The van der Waals surface area contributed by atoms with Gasteiger partial charge in [-0.1, -0.05) is 18.3 Å². The normalized spacial score (nSPS) is 15.8. The topological polar surface area (TPSA) is 38.5 Å². The van der Waals surface area contributed by atoms with E-state index in [1.165, 1.54) is 25.9 Å². The molecule has 0 radical (unpaired) electrons. The summed E-state index contributed by atoms with van der Waals surface area (Å²) >= 11 is 5.04. The zero-order chi connectivity index (χ0) is 13.0. The third kappa shape index (κ3) is 3.43. The molecule has 18 heavy (non-hydrogen) atoms. The predicted molar refractivity (Wildman–Crippen MR) is 78.2 cm³/mol. The molecule has 0 saturated carbocycles. The summed E-state index contributed by atoms with van der Waals surface area (Å²) < 4.78 is 5.83. The third-order valence-corrected chi connectivity index (χ3v) is 3.49. The molecule has 1 aliphatic heterocycles. The van der Waals surface area contributed by atoms with Crippen molar-refractivity contribution in [1.29, 1.82) is 0 Å². The maximum Gasteiger partial charge on any atom is 0.129 e. The van der Waals surface area contributed by atoms with Crippen molar-refractivity contribution in [3.63, 3.8) is 0 Å². The molecule has 0 bridgehead atoms. The Labute approximate surface area is 114 Å². The highest BCUT2D eigenvalue weighted by Crippen LogP contribution is 2.20. The van der Waals surface area contributed by atoms with Crippen LogP contribution in [-0.4, -0.2) is 36.1 Å². The van der Waals surface area contributed by atoms with E-state index >= 15 is 0 Å². The first-order valence-corrected chi connectivity index (χ1v) is 6.83. The minimum absolute atomic E-state index is 0.395. The second-order valence-electron chi connectivity index (χ2n) is 4.76. The van der Waals surface area contributed by atoms with Crippen LogP contribution in [-0.2, 0) is 0 Å². The average molecular weight is 264 g/mol. The molecule has 1 aliphatic rings. The highest BCUT2D eigenvalue weighted by atomic mass is 32.1. The Morgan fingerprint density at radius 2 is 2.11 bits per heavy atom. The summed E-state index contributed by atoms with van der Waals surface area (Å²) in [4.78, 5) is 2.82. The van der Waals surface area contributed by atoms with Gasteiger partial charge in [-0.15, -0.1) is 0 Å². The number of nitrogens with zero attached hydrogens (tertiary/aromatic N) is 1. The zero-order valence-corrected chi connectivity index (χ0v) is 11.6. The molecule has 0 unspecified atom stereocenters. The largest absolute Gasteiger partial charge is 0.492 e.